The molecule has 0 fully saturated rings. The molecule has 144 valence electrons. The minimum absolute atomic E-state index is 0.0165. The van der Waals surface area contributed by atoms with E-state index in [2.05, 4.69) is 10.4 Å². The van der Waals surface area contributed by atoms with Gasteiger partial charge in [0.25, 0.3) is 0 Å². The van der Waals surface area contributed by atoms with E-state index < -0.39 is 0 Å². The predicted octanol–water partition coefficient (Wildman–Crippen LogP) is 2.58. The molecule has 1 aliphatic carbocycles. The molecule has 2 amide bonds. The lowest BCUT2D eigenvalue weighted by molar-refractivity contribution is 0.186. The minimum atomic E-state index is -0.0165. The first kappa shape index (κ1) is 17.7. The number of hydrogen-bond acceptors (Lipinski definition) is 4. The van der Waals surface area contributed by atoms with Crippen LogP contribution in [0, 0.1) is 0 Å². The number of hydrogen-bond donors (Lipinski definition) is 1. The molecule has 1 aromatic heterocycles. The lowest BCUT2D eigenvalue weighted by atomic mass is 9.93. The van der Waals surface area contributed by atoms with Gasteiger partial charge in [0.2, 0.25) is 0 Å². The zero-order valence-corrected chi connectivity index (χ0v) is 16.1. The van der Waals surface area contributed by atoms with Gasteiger partial charge in [0.05, 0.1) is 26.5 Å². The zero-order chi connectivity index (χ0) is 19.0. The van der Waals surface area contributed by atoms with Crippen molar-refractivity contribution in [3.05, 3.63) is 40.7 Å². The number of aryl methyl sites for hydroxylation is 1. The lowest BCUT2D eigenvalue weighted by Crippen LogP contribution is -2.44. The highest BCUT2D eigenvalue weighted by Gasteiger charge is 2.28. The first-order valence-electron chi connectivity index (χ1n) is 9.40. The van der Waals surface area contributed by atoms with E-state index in [0.29, 0.717) is 18.8 Å². The maximum atomic E-state index is 12.9. The number of carbonyl (C=O) groups is 1. The van der Waals surface area contributed by atoms with Crippen molar-refractivity contribution in [1.29, 1.82) is 0 Å². The fourth-order valence-electron chi connectivity index (χ4n) is 4.15. The van der Waals surface area contributed by atoms with E-state index in [9.17, 15) is 4.79 Å². The molecule has 2 heterocycles. The molecule has 4 rings (SSSR count). The second kappa shape index (κ2) is 7.13. The quantitative estimate of drug-likeness (QED) is 0.902. The van der Waals surface area contributed by atoms with Crippen molar-refractivity contribution < 1.29 is 14.3 Å². The van der Waals surface area contributed by atoms with Crippen molar-refractivity contribution in [2.45, 2.75) is 38.3 Å². The Hall–Kier alpha value is -2.70. The van der Waals surface area contributed by atoms with Crippen molar-refractivity contribution in [1.82, 2.24) is 20.0 Å². The van der Waals surface area contributed by atoms with E-state index in [4.69, 9.17) is 9.47 Å². The van der Waals surface area contributed by atoms with E-state index >= 15 is 0 Å². The normalized spacial score (nSPS) is 18.5. The number of carbonyl (C=O) groups excluding carboxylic acids is 1. The summed E-state index contributed by atoms with van der Waals surface area (Å²) >= 11 is 0. The third kappa shape index (κ3) is 3.22. The van der Waals surface area contributed by atoms with Gasteiger partial charge in [0.15, 0.2) is 11.5 Å². The molecule has 2 aliphatic rings. The Morgan fingerprint density at radius 3 is 2.67 bits per heavy atom. The van der Waals surface area contributed by atoms with Gasteiger partial charge in [-0.2, -0.15) is 5.10 Å². The minimum Gasteiger partial charge on any atom is -0.493 e. The van der Waals surface area contributed by atoms with Crippen LogP contribution in [0.5, 0.6) is 11.5 Å². The van der Waals surface area contributed by atoms with Crippen LogP contribution in [0.2, 0.25) is 0 Å². The van der Waals surface area contributed by atoms with E-state index in [1.165, 1.54) is 11.3 Å². The van der Waals surface area contributed by atoms with Crippen molar-refractivity contribution in [2.75, 3.05) is 20.8 Å². The van der Waals surface area contributed by atoms with Crippen LogP contribution in [0.1, 0.15) is 41.3 Å². The maximum absolute atomic E-state index is 12.9. The Bertz CT molecular complexity index is 861. The Balaban J connectivity index is 1.49. The molecule has 27 heavy (non-hydrogen) atoms. The van der Waals surface area contributed by atoms with Gasteiger partial charge >= 0.3 is 6.03 Å². The van der Waals surface area contributed by atoms with Crippen LogP contribution in [-0.2, 0) is 26.4 Å². The summed E-state index contributed by atoms with van der Waals surface area (Å²) in [7, 11) is 5.24. The lowest BCUT2D eigenvalue weighted by Gasteiger charge is -2.32. The Morgan fingerprint density at radius 2 is 1.93 bits per heavy atom. The summed E-state index contributed by atoms with van der Waals surface area (Å²) in [5.41, 5.74) is 4.71. The second-order valence-electron chi connectivity index (χ2n) is 7.21. The Morgan fingerprint density at radius 1 is 1.19 bits per heavy atom. The first-order chi connectivity index (χ1) is 13.1. The molecule has 1 atom stereocenters. The smallest absolute Gasteiger partial charge is 0.318 e. The maximum Gasteiger partial charge on any atom is 0.318 e. The van der Waals surface area contributed by atoms with E-state index in [1.807, 2.05) is 35.0 Å². The van der Waals surface area contributed by atoms with Crippen LogP contribution in [0.4, 0.5) is 4.79 Å². The summed E-state index contributed by atoms with van der Waals surface area (Å²) in [4.78, 5) is 14.8. The average molecular weight is 370 g/mol. The third-order valence-corrected chi connectivity index (χ3v) is 5.68. The van der Waals surface area contributed by atoms with Gasteiger partial charge in [0, 0.05) is 31.4 Å². The average Bonchev–Trinajstić information content (AvgIpc) is 3.08. The molecule has 0 saturated carbocycles. The molecule has 7 heteroatoms. The van der Waals surface area contributed by atoms with Gasteiger partial charge < -0.3 is 19.7 Å². The topological polar surface area (TPSA) is 68.6 Å². The van der Waals surface area contributed by atoms with Gasteiger partial charge in [0.1, 0.15) is 0 Å². The number of amides is 2. The number of urea groups is 1. The fourth-order valence-corrected chi connectivity index (χ4v) is 4.15. The first-order valence-corrected chi connectivity index (χ1v) is 9.40. The van der Waals surface area contributed by atoms with Crippen LogP contribution in [0.15, 0.2) is 18.3 Å². The predicted molar refractivity (Wildman–Crippen MR) is 101 cm³/mol. The molecule has 0 saturated heterocycles. The number of ether oxygens (including phenoxy) is 2. The van der Waals surface area contributed by atoms with E-state index in [-0.39, 0.29) is 12.1 Å². The highest BCUT2D eigenvalue weighted by Crippen LogP contribution is 2.34. The molecule has 2 aromatic rings. The summed E-state index contributed by atoms with van der Waals surface area (Å²) in [6.07, 6.45) is 5.75. The van der Waals surface area contributed by atoms with Gasteiger partial charge in [-0.3, -0.25) is 4.68 Å². The number of methoxy groups -OCH3 is 2. The van der Waals surface area contributed by atoms with Gasteiger partial charge in [-0.15, -0.1) is 0 Å². The molecule has 1 unspecified atom stereocenters. The monoisotopic (exact) mass is 370 g/mol. The van der Waals surface area contributed by atoms with E-state index in [0.717, 1.165) is 42.6 Å². The summed E-state index contributed by atoms with van der Waals surface area (Å²) in [5.74, 6) is 1.44. The molecule has 1 N–H and O–H groups in total. The number of nitrogens with one attached hydrogen (secondary N) is 1. The van der Waals surface area contributed by atoms with Gasteiger partial charge in [-0.25, -0.2) is 4.79 Å². The summed E-state index contributed by atoms with van der Waals surface area (Å²) in [6, 6.07) is 4.03. The molecular formula is C20H26N4O3. The molecule has 0 bridgehead atoms. The number of benzene rings is 1. The van der Waals surface area contributed by atoms with Crippen LogP contribution in [0.25, 0.3) is 0 Å². The van der Waals surface area contributed by atoms with Crippen molar-refractivity contribution >= 4 is 6.03 Å². The summed E-state index contributed by atoms with van der Waals surface area (Å²) < 4.78 is 12.7. The second-order valence-corrected chi connectivity index (χ2v) is 7.21. The molecule has 0 spiro atoms. The number of aromatic nitrogens is 2. The van der Waals surface area contributed by atoms with Crippen LogP contribution < -0.4 is 14.8 Å². The van der Waals surface area contributed by atoms with Crippen molar-refractivity contribution in [2.24, 2.45) is 7.05 Å². The van der Waals surface area contributed by atoms with E-state index in [1.54, 1.807) is 14.2 Å². The molecule has 0 radical (unpaired) electrons. The van der Waals surface area contributed by atoms with Crippen molar-refractivity contribution in [3.8, 4) is 11.5 Å². The van der Waals surface area contributed by atoms with Gasteiger partial charge in [-0.05, 0) is 48.9 Å². The summed E-state index contributed by atoms with van der Waals surface area (Å²) in [5, 5.41) is 7.58. The SMILES string of the molecule is COc1cc2c(cc1OC)CN(C(=O)NC1CCCc3c1cnn3C)CC2. The highest BCUT2D eigenvalue weighted by molar-refractivity contribution is 5.75. The zero-order valence-electron chi connectivity index (χ0n) is 16.1. The standard InChI is InChI=1S/C20H26N4O3/c1-23-17-6-4-5-16(15(17)11-21-23)22-20(25)24-8-7-13-9-18(26-2)19(27-3)10-14(13)12-24/h9-11,16H,4-8,12H2,1-3H3,(H,22,25). The largest absolute Gasteiger partial charge is 0.493 e. The Kier molecular flexibility index (Phi) is 4.68. The van der Waals surface area contributed by atoms with Crippen LogP contribution >= 0.6 is 0 Å². The Labute approximate surface area is 159 Å². The van der Waals surface area contributed by atoms with Gasteiger partial charge in [-0.1, -0.05) is 0 Å². The van der Waals surface area contributed by atoms with Crippen molar-refractivity contribution in [3.63, 3.8) is 0 Å². The molecule has 1 aromatic carbocycles. The molecule has 1 aliphatic heterocycles. The molecular weight excluding hydrogens is 344 g/mol. The number of nitrogens with zero attached hydrogens (tertiary/aromatic N) is 3. The highest BCUT2D eigenvalue weighted by atomic mass is 16.5. The molecule has 7 nitrogen and oxygen atoms in total. The third-order valence-electron chi connectivity index (χ3n) is 5.68. The number of fused-ring (bicyclic) bond motifs is 2. The van der Waals surface area contributed by atoms with Crippen LogP contribution in [-0.4, -0.2) is 41.5 Å². The summed E-state index contributed by atoms with van der Waals surface area (Å²) in [6.45, 7) is 1.27. The fraction of sp³-hybridized carbons (Fsp3) is 0.500. The van der Waals surface area contributed by atoms with Crippen LogP contribution in [0.3, 0.4) is 0 Å². The number of rotatable bonds is 3.